The Labute approximate surface area is 103 Å². The van der Waals surface area contributed by atoms with E-state index in [1.807, 2.05) is 12.1 Å². The molecule has 1 aliphatic carbocycles. The van der Waals surface area contributed by atoms with E-state index in [4.69, 9.17) is 0 Å². The van der Waals surface area contributed by atoms with Crippen molar-refractivity contribution < 1.29 is 4.39 Å². The molecule has 17 heavy (non-hydrogen) atoms. The Hall–Kier alpha value is -0.930. The van der Waals surface area contributed by atoms with Crippen LogP contribution < -0.4 is 5.32 Å². The minimum Gasteiger partial charge on any atom is -0.313 e. The maximum atomic E-state index is 12.8. The van der Waals surface area contributed by atoms with Crippen LogP contribution in [0.25, 0.3) is 0 Å². The molecule has 1 saturated carbocycles. The predicted octanol–water partition coefficient (Wildman–Crippen LogP) is 2.22. The van der Waals surface area contributed by atoms with Gasteiger partial charge in [-0.2, -0.15) is 0 Å². The molecule has 0 radical (unpaired) electrons. The Morgan fingerprint density at radius 3 is 2.47 bits per heavy atom. The van der Waals surface area contributed by atoms with Gasteiger partial charge in [-0.25, -0.2) is 4.39 Å². The van der Waals surface area contributed by atoms with E-state index in [0.717, 1.165) is 13.1 Å². The van der Waals surface area contributed by atoms with Crippen molar-refractivity contribution in [3.8, 4) is 0 Å². The SMILES string of the molecule is CN(C)CCNC1CC(c2ccc(F)cc2)C1. The molecule has 0 bridgehead atoms. The first-order chi connectivity index (χ1) is 8.15. The van der Waals surface area contributed by atoms with Crippen LogP contribution in [-0.2, 0) is 0 Å². The lowest BCUT2D eigenvalue weighted by molar-refractivity contribution is 0.278. The summed E-state index contributed by atoms with van der Waals surface area (Å²) in [6.45, 7) is 2.13. The lowest BCUT2D eigenvalue weighted by Gasteiger charge is -2.36. The van der Waals surface area contributed by atoms with E-state index in [2.05, 4.69) is 24.3 Å². The topological polar surface area (TPSA) is 15.3 Å². The van der Waals surface area contributed by atoms with Crippen LogP contribution in [0, 0.1) is 5.82 Å². The molecule has 0 aliphatic heterocycles. The van der Waals surface area contributed by atoms with E-state index in [-0.39, 0.29) is 5.82 Å². The van der Waals surface area contributed by atoms with Crippen LogP contribution in [0.3, 0.4) is 0 Å². The van der Waals surface area contributed by atoms with Gasteiger partial charge in [-0.3, -0.25) is 0 Å². The Kier molecular flexibility index (Phi) is 4.13. The molecule has 0 aromatic heterocycles. The smallest absolute Gasteiger partial charge is 0.123 e. The van der Waals surface area contributed by atoms with E-state index >= 15 is 0 Å². The van der Waals surface area contributed by atoms with Crippen LogP contribution in [0.5, 0.6) is 0 Å². The molecule has 1 aromatic rings. The van der Waals surface area contributed by atoms with Gasteiger partial charge in [0.05, 0.1) is 0 Å². The zero-order valence-electron chi connectivity index (χ0n) is 10.6. The zero-order chi connectivity index (χ0) is 12.3. The first kappa shape index (κ1) is 12.5. The second-order valence-corrected chi connectivity index (χ2v) is 5.17. The summed E-state index contributed by atoms with van der Waals surface area (Å²) >= 11 is 0. The largest absolute Gasteiger partial charge is 0.313 e. The highest BCUT2D eigenvalue weighted by atomic mass is 19.1. The van der Waals surface area contributed by atoms with Crippen LogP contribution in [0.4, 0.5) is 4.39 Å². The number of halogens is 1. The van der Waals surface area contributed by atoms with Crippen molar-refractivity contribution in [2.75, 3.05) is 27.2 Å². The Bertz CT molecular complexity index is 342. The highest BCUT2D eigenvalue weighted by Gasteiger charge is 2.29. The molecule has 94 valence electrons. The third-order valence-electron chi connectivity index (χ3n) is 3.47. The van der Waals surface area contributed by atoms with Gasteiger partial charge in [-0.1, -0.05) is 12.1 Å². The molecular formula is C14H21FN2. The van der Waals surface area contributed by atoms with Crippen molar-refractivity contribution in [2.45, 2.75) is 24.8 Å². The first-order valence-electron chi connectivity index (χ1n) is 6.28. The van der Waals surface area contributed by atoms with Gasteiger partial charge < -0.3 is 10.2 Å². The van der Waals surface area contributed by atoms with Crippen LogP contribution in [0.2, 0.25) is 0 Å². The van der Waals surface area contributed by atoms with Crippen molar-refractivity contribution in [1.29, 1.82) is 0 Å². The van der Waals surface area contributed by atoms with Crippen LogP contribution in [0.1, 0.15) is 24.3 Å². The van der Waals surface area contributed by atoms with Gasteiger partial charge in [0.15, 0.2) is 0 Å². The minimum atomic E-state index is -0.145. The average molecular weight is 236 g/mol. The van der Waals surface area contributed by atoms with E-state index in [9.17, 15) is 4.39 Å². The highest BCUT2D eigenvalue weighted by Crippen LogP contribution is 2.36. The molecule has 0 saturated heterocycles. The minimum absolute atomic E-state index is 0.145. The number of nitrogens with one attached hydrogen (secondary N) is 1. The van der Waals surface area contributed by atoms with E-state index < -0.39 is 0 Å². The number of likely N-dealkylation sites (N-methyl/N-ethyl adjacent to an activating group) is 1. The second-order valence-electron chi connectivity index (χ2n) is 5.17. The Morgan fingerprint density at radius 1 is 1.24 bits per heavy atom. The summed E-state index contributed by atoms with van der Waals surface area (Å²) in [6, 6.07) is 7.58. The number of benzene rings is 1. The summed E-state index contributed by atoms with van der Waals surface area (Å²) in [5.41, 5.74) is 1.28. The summed E-state index contributed by atoms with van der Waals surface area (Å²) < 4.78 is 12.8. The van der Waals surface area contributed by atoms with E-state index in [1.165, 1.54) is 18.4 Å². The molecule has 3 heteroatoms. The fraction of sp³-hybridized carbons (Fsp3) is 0.571. The third-order valence-corrected chi connectivity index (χ3v) is 3.47. The maximum absolute atomic E-state index is 12.8. The fourth-order valence-electron chi connectivity index (χ4n) is 2.28. The third kappa shape index (κ3) is 3.51. The number of nitrogens with zero attached hydrogens (tertiary/aromatic N) is 1. The molecular weight excluding hydrogens is 215 g/mol. The van der Waals surface area contributed by atoms with Gasteiger partial charge in [-0.15, -0.1) is 0 Å². The average Bonchev–Trinajstić information content (AvgIpc) is 2.23. The Morgan fingerprint density at radius 2 is 1.88 bits per heavy atom. The lowest BCUT2D eigenvalue weighted by Crippen LogP contribution is -2.42. The van der Waals surface area contributed by atoms with Crippen molar-refractivity contribution in [1.82, 2.24) is 10.2 Å². The summed E-state index contributed by atoms with van der Waals surface area (Å²) in [5, 5.41) is 3.55. The first-order valence-corrected chi connectivity index (χ1v) is 6.28. The van der Waals surface area contributed by atoms with E-state index in [0.29, 0.717) is 12.0 Å². The van der Waals surface area contributed by atoms with Gasteiger partial charge >= 0.3 is 0 Å². The van der Waals surface area contributed by atoms with Gasteiger partial charge in [0.1, 0.15) is 5.82 Å². The van der Waals surface area contributed by atoms with E-state index in [1.54, 1.807) is 12.1 Å². The molecule has 0 atom stereocenters. The van der Waals surface area contributed by atoms with Crippen molar-refractivity contribution in [3.63, 3.8) is 0 Å². The second kappa shape index (κ2) is 5.61. The molecule has 2 nitrogen and oxygen atoms in total. The van der Waals surface area contributed by atoms with Crippen LogP contribution >= 0.6 is 0 Å². The predicted molar refractivity (Wildman–Crippen MR) is 68.7 cm³/mol. The maximum Gasteiger partial charge on any atom is 0.123 e. The zero-order valence-corrected chi connectivity index (χ0v) is 10.6. The molecule has 2 rings (SSSR count). The summed E-state index contributed by atoms with van der Waals surface area (Å²) in [4.78, 5) is 2.18. The van der Waals surface area contributed by atoms with Crippen molar-refractivity contribution in [3.05, 3.63) is 35.6 Å². The fourth-order valence-corrected chi connectivity index (χ4v) is 2.28. The van der Waals surface area contributed by atoms with Crippen molar-refractivity contribution in [2.24, 2.45) is 0 Å². The normalized spacial score (nSPS) is 23.8. The molecule has 0 unspecified atom stereocenters. The number of hydrogen-bond donors (Lipinski definition) is 1. The molecule has 1 aliphatic rings. The summed E-state index contributed by atoms with van der Waals surface area (Å²) in [6.07, 6.45) is 2.36. The molecule has 1 fully saturated rings. The molecule has 1 aromatic carbocycles. The van der Waals surface area contributed by atoms with Crippen LogP contribution in [0.15, 0.2) is 24.3 Å². The van der Waals surface area contributed by atoms with Gasteiger partial charge in [-0.05, 0) is 50.6 Å². The monoisotopic (exact) mass is 236 g/mol. The number of hydrogen-bond acceptors (Lipinski definition) is 2. The standard InChI is InChI=1S/C14H21FN2/c1-17(2)8-7-16-14-9-12(10-14)11-3-5-13(15)6-4-11/h3-6,12,14,16H,7-10H2,1-2H3. The summed E-state index contributed by atoms with van der Waals surface area (Å²) in [7, 11) is 4.17. The molecule has 0 heterocycles. The molecule has 0 spiro atoms. The Balaban J connectivity index is 1.70. The summed E-state index contributed by atoms with van der Waals surface area (Å²) in [5.74, 6) is 0.473. The van der Waals surface area contributed by atoms with Gasteiger partial charge in [0.25, 0.3) is 0 Å². The van der Waals surface area contributed by atoms with Gasteiger partial charge in [0.2, 0.25) is 0 Å². The number of rotatable bonds is 5. The lowest BCUT2D eigenvalue weighted by atomic mass is 9.76. The quantitative estimate of drug-likeness (QED) is 0.843. The van der Waals surface area contributed by atoms with Crippen molar-refractivity contribution >= 4 is 0 Å². The van der Waals surface area contributed by atoms with Gasteiger partial charge in [0, 0.05) is 19.1 Å². The molecule has 1 N–H and O–H groups in total. The highest BCUT2D eigenvalue weighted by molar-refractivity contribution is 5.23. The van der Waals surface area contributed by atoms with Crippen LogP contribution in [-0.4, -0.2) is 38.1 Å². The molecule has 0 amide bonds.